The fourth-order valence-corrected chi connectivity index (χ4v) is 2.40. The SMILES string of the molecule is CCc1cc(C(Cc2ccc(F)cc2)NC)n(CC)n1. The highest BCUT2D eigenvalue weighted by Crippen LogP contribution is 2.20. The smallest absolute Gasteiger partial charge is 0.123 e. The Labute approximate surface area is 119 Å². The molecule has 1 aromatic heterocycles. The first-order chi connectivity index (χ1) is 9.67. The molecule has 0 radical (unpaired) electrons. The third-order valence-corrected chi connectivity index (χ3v) is 3.58. The van der Waals surface area contributed by atoms with Crippen molar-refractivity contribution in [3.8, 4) is 0 Å². The summed E-state index contributed by atoms with van der Waals surface area (Å²) in [6.07, 6.45) is 1.76. The lowest BCUT2D eigenvalue weighted by atomic mass is 10.0. The summed E-state index contributed by atoms with van der Waals surface area (Å²) in [5, 5.41) is 7.93. The molecule has 1 aromatic carbocycles. The monoisotopic (exact) mass is 275 g/mol. The zero-order valence-corrected chi connectivity index (χ0v) is 12.4. The minimum absolute atomic E-state index is 0.188. The average molecular weight is 275 g/mol. The number of hydrogen-bond acceptors (Lipinski definition) is 2. The molecule has 1 atom stereocenters. The highest BCUT2D eigenvalue weighted by atomic mass is 19.1. The van der Waals surface area contributed by atoms with E-state index in [1.807, 2.05) is 23.9 Å². The van der Waals surface area contributed by atoms with Crippen molar-refractivity contribution in [3.63, 3.8) is 0 Å². The van der Waals surface area contributed by atoms with Gasteiger partial charge in [0.15, 0.2) is 0 Å². The van der Waals surface area contributed by atoms with E-state index >= 15 is 0 Å². The standard InChI is InChI=1S/C16H22FN3/c1-4-14-11-16(20(5-2)19-14)15(18-3)10-12-6-8-13(17)9-7-12/h6-9,11,15,18H,4-5,10H2,1-3H3. The lowest BCUT2D eigenvalue weighted by molar-refractivity contribution is 0.511. The van der Waals surface area contributed by atoms with Gasteiger partial charge in [0.05, 0.1) is 17.4 Å². The Kier molecular flexibility index (Phi) is 4.90. The molecule has 108 valence electrons. The fourth-order valence-electron chi connectivity index (χ4n) is 2.40. The molecule has 20 heavy (non-hydrogen) atoms. The molecule has 0 saturated carbocycles. The molecule has 0 bridgehead atoms. The molecule has 1 unspecified atom stereocenters. The number of hydrogen-bond donors (Lipinski definition) is 1. The third kappa shape index (κ3) is 3.25. The first-order valence-corrected chi connectivity index (χ1v) is 7.16. The highest BCUT2D eigenvalue weighted by Gasteiger charge is 2.16. The molecule has 1 N–H and O–H groups in total. The van der Waals surface area contributed by atoms with Crippen LogP contribution in [0.15, 0.2) is 30.3 Å². The highest BCUT2D eigenvalue weighted by molar-refractivity contribution is 5.21. The Hall–Kier alpha value is -1.68. The largest absolute Gasteiger partial charge is 0.311 e. The number of aromatic nitrogens is 2. The summed E-state index contributed by atoms with van der Waals surface area (Å²) >= 11 is 0. The van der Waals surface area contributed by atoms with E-state index in [9.17, 15) is 4.39 Å². The quantitative estimate of drug-likeness (QED) is 0.878. The van der Waals surface area contributed by atoms with Crippen molar-refractivity contribution in [1.29, 1.82) is 0 Å². The topological polar surface area (TPSA) is 29.9 Å². The normalized spacial score (nSPS) is 12.6. The summed E-state index contributed by atoms with van der Waals surface area (Å²) in [6.45, 7) is 5.07. The van der Waals surface area contributed by atoms with Crippen LogP contribution in [-0.2, 0) is 19.4 Å². The number of nitrogens with one attached hydrogen (secondary N) is 1. The first-order valence-electron chi connectivity index (χ1n) is 7.16. The molecule has 0 fully saturated rings. The van der Waals surface area contributed by atoms with Gasteiger partial charge in [-0.1, -0.05) is 19.1 Å². The Balaban J connectivity index is 2.23. The number of likely N-dealkylation sites (N-methyl/N-ethyl adjacent to an activating group) is 1. The number of benzene rings is 1. The van der Waals surface area contributed by atoms with E-state index in [1.165, 1.54) is 17.8 Å². The van der Waals surface area contributed by atoms with E-state index in [4.69, 9.17) is 0 Å². The maximum atomic E-state index is 13.0. The summed E-state index contributed by atoms with van der Waals surface area (Å²) in [5.74, 6) is -0.193. The molecule has 0 spiro atoms. The van der Waals surface area contributed by atoms with Crippen LogP contribution in [0, 0.1) is 5.82 Å². The van der Waals surface area contributed by atoms with Gasteiger partial charge < -0.3 is 5.32 Å². The maximum Gasteiger partial charge on any atom is 0.123 e. The number of halogens is 1. The lowest BCUT2D eigenvalue weighted by Crippen LogP contribution is -2.22. The summed E-state index contributed by atoms with van der Waals surface area (Å²) in [6, 6.07) is 9.05. The Morgan fingerprint density at radius 1 is 1.25 bits per heavy atom. The molecule has 1 heterocycles. The van der Waals surface area contributed by atoms with Gasteiger partial charge in [0.25, 0.3) is 0 Å². The zero-order chi connectivity index (χ0) is 14.5. The van der Waals surface area contributed by atoms with Crippen molar-refractivity contribution in [2.24, 2.45) is 0 Å². The van der Waals surface area contributed by atoms with Crippen molar-refractivity contribution in [2.75, 3.05) is 7.05 Å². The molecule has 0 aliphatic rings. The van der Waals surface area contributed by atoms with Crippen molar-refractivity contribution >= 4 is 0 Å². The van der Waals surface area contributed by atoms with Crippen molar-refractivity contribution in [3.05, 3.63) is 53.1 Å². The van der Waals surface area contributed by atoms with Crippen LogP contribution >= 0.6 is 0 Å². The molecule has 3 nitrogen and oxygen atoms in total. The summed E-state index contributed by atoms with van der Waals surface area (Å²) in [7, 11) is 1.95. The number of rotatable bonds is 6. The van der Waals surface area contributed by atoms with Gasteiger partial charge in [-0.25, -0.2) is 4.39 Å². The fraction of sp³-hybridized carbons (Fsp3) is 0.438. The Morgan fingerprint density at radius 2 is 1.95 bits per heavy atom. The van der Waals surface area contributed by atoms with E-state index in [-0.39, 0.29) is 11.9 Å². The maximum absolute atomic E-state index is 13.0. The Bertz CT molecular complexity index is 545. The molecular weight excluding hydrogens is 253 g/mol. The number of nitrogens with zero attached hydrogens (tertiary/aromatic N) is 2. The predicted octanol–water partition coefficient (Wildman–Crippen LogP) is 3.11. The second kappa shape index (κ2) is 6.66. The third-order valence-electron chi connectivity index (χ3n) is 3.58. The van der Waals surface area contributed by atoms with Crippen LogP contribution in [0.1, 0.15) is 36.8 Å². The molecule has 0 aliphatic heterocycles. The van der Waals surface area contributed by atoms with Gasteiger partial charge in [-0.2, -0.15) is 5.10 Å². The molecular formula is C16H22FN3. The van der Waals surface area contributed by atoms with E-state index in [0.717, 1.165) is 30.6 Å². The lowest BCUT2D eigenvalue weighted by Gasteiger charge is -2.17. The second-order valence-corrected chi connectivity index (χ2v) is 4.90. The van der Waals surface area contributed by atoms with Crippen LogP contribution in [0.2, 0.25) is 0 Å². The van der Waals surface area contributed by atoms with Gasteiger partial charge in [-0.3, -0.25) is 4.68 Å². The van der Waals surface area contributed by atoms with Crippen LogP contribution in [0.4, 0.5) is 4.39 Å². The van der Waals surface area contributed by atoms with Gasteiger partial charge in [0, 0.05) is 6.54 Å². The minimum atomic E-state index is -0.193. The molecule has 2 rings (SSSR count). The van der Waals surface area contributed by atoms with E-state index in [1.54, 1.807) is 0 Å². The van der Waals surface area contributed by atoms with Gasteiger partial charge >= 0.3 is 0 Å². The van der Waals surface area contributed by atoms with Crippen LogP contribution in [0.3, 0.4) is 0 Å². The molecule has 0 amide bonds. The van der Waals surface area contributed by atoms with E-state index < -0.39 is 0 Å². The first kappa shape index (κ1) is 14.7. The van der Waals surface area contributed by atoms with Gasteiger partial charge in [-0.05, 0) is 50.6 Å². The van der Waals surface area contributed by atoms with Gasteiger partial charge in [0.2, 0.25) is 0 Å². The van der Waals surface area contributed by atoms with Gasteiger partial charge in [-0.15, -0.1) is 0 Å². The average Bonchev–Trinajstić information content (AvgIpc) is 2.90. The van der Waals surface area contributed by atoms with Crippen molar-refractivity contribution < 1.29 is 4.39 Å². The van der Waals surface area contributed by atoms with Crippen LogP contribution < -0.4 is 5.32 Å². The van der Waals surface area contributed by atoms with Crippen molar-refractivity contribution in [2.45, 2.75) is 39.3 Å². The van der Waals surface area contributed by atoms with E-state index in [2.05, 4.69) is 30.3 Å². The molecule has 0 saturated heterocycles. The second-order valence-electron chi connectivity index (χ2n) is 4.90. The summed E-state index contributed by atoms with van der Waals surface area (Å²) in [5.41, 5.74) is 3.42. The summed E-state index contributed by atoms with van der Waals surface area (Å²) in [4.78, 5) is 0. The molecule has 0 aliphatic carbocycles. The molecule has 4 heteroatoms. The zero-order valence-electron chi connectivity index (χ0n) is 12.4. The van der Waals surface area contributed by atoms with E-state index in [0.29, 0.717) is 0 Å². The predicted molar refractivity (Wildman–Crippen MR) is 79.2 cm³/mol. The van der Waals surface area contributed by atoms with Crippen LogP contribution in [0.5, 0.6) is 0 Å². The van der Waals surface area contributed by atoms with Crippen LogP contribution in [0.25, 0.3) is 0 Å². The Morgan fingerprint density at radius 3 is 2.50 bits per heavy atom. The van der Waals surface area contributed by atoms with Gasteiger partial charge in [0.1, 0.15) is 5.82 Å². The number of aryl methyl sites for hydroxylation is 2. The molecule has 2 aromatic rings. The van der Waals surface area contributed by atoms with Crippen molar-refractivity contribution in [1.82, 2.24) is 15.1 Å². The summed E-state index contributed by atoms with van der Waals surface area (Å²) < 4.78 is 15.0. The van der Waals surface area contributed by atoms with Crippen LogP contribution in [-0.4, -0.2) is 16.8 Å². The minimum Gasteiger partial charge on any atom is -0.311 e.